The number of benzene rings is 1. The molecule has 1 aliphatic rings. The smallest absolute Gasteiger partial charge is 0.255 e. The average Bonchev–Trinajstić information content (AvgIpc) is 3.09. The van der Waals surface area contributed by atoms with Crippen LogP contribution in [0.4, 0.5) is 4.39 Å². The molecule has 2 aromatic heterocycles. The number of rotatable bonds is 5. The summed E-state index contributed by atoms with van der Waals surface area (Å²) in [6, 6.07) is 9.47. The van der Waals surface area contributed by atoms with Crippen LogP contribution < -0.4 is 4.74 Å². The van der Waals surface area contributed by atoms with Crippen molar-refractivity contribution in [3.05, 3.63) is 71.6 Å². The van der Waals surface area contributed by atoms with Crippen LogP contribution in [0.25, 0.3) is 0 Å². The van der Waals surface area contributed by atoms with Crippen LogP contribution in [0.5, 0.6) is 5.75 Å². The number of pyridine rings is 1. The van der Waals surface area contributed by atoms with Gasteiger partial charge in [0.15, 0.2) is 0 Å². The zero-order valence-electron chi connectivity index (χ0n) is 14.7. The highest BCUT2D eigenvalue weighted by Crippen LogP contribution is 2.23. The van der Waals surface area contributed by atoms with E-state index in [0.29, 0.717) is 30.1 Å². The molecule has 0 saturated carbocycles. The number of aryl methyl sites for hydroxylation is 1. The lowest BCUT2D eigenvalue weighted by Crippen LogP contribution is -2.51. The Hall–Kier alpha value is -3.29. The molecule has 0 radical (unpaired) electrons. The first-order chi connectivity index (χ1) is 13.1. The van der Waals surface area contributed by atoms with Gasteiger partial charge in [0.25, 0.3) is 5.91 Å². The summed E-state index contributed by atoms with van der Waals surface area (Å²) in [5.74, 6) is 0.244. The van der Waals surface area contributed by atoms with Crippen LogP contribution in [-0.2, 0) is 6.61 Å². The van der Waals surface area contributed by atoms with E-state index >= 15 is 0 Å². The minimum atomic E-state index is -0.307. The molecule has 0 spiro atoms. The topological polar surface area (TPSA) is 73.1 Å². The number of amides is 1. The lowest BCUT2D eigenvalue weighted by molar-refractivity contribution is 0.0497. The minimum Gasteiger partial charge on any atom is -0.487 e. The quantitative estimate of drug-likeness (QED) is 0.692. The summed E-state index contributed by atoms with van der Waals surface area (Å²) >= 11 is 0. The molecule has 0 unspecified atom stereocenters. The van der Waals surface area contributed by atoms with Crippen LogP contribution in [0.15, 0.2) is 48.8 Å². The summed E-state index contributed by atoms with van der Waals surface area (Å²) in [7, 11) is 0. The molecular formula is C19H18FN5O2. The zero-order valence-corrected chi connectivity index (χ0v) is 14.7. The van der Waals surface area contributed by atoms with E-state index in [-0.39, 0.29) is 24.4 Å². The first-order valence-corrected chi connectivity index (χ1v) is 8.60. The highest BCUT2D eigenvalue weighted by Gasteiger charge is 2.33. The second-order valence-corrected chi connectivity index (χ2v) is 6.43. The molecule has 1 amide bonds. The van der Waals surface area contributed by atoms with Gasteiger partial charge in [-0.05, 0) is 43.3 Å². The Bertz CT molecular complexity index is 951. The lowest BCUT2D eigenvalue weighted by Gasteiger charge is -2.39. The van der Waals surface area contributed by atoms with Gasteiger partial charge in [-0.1, -0.05) is 5.21 Å². The highest BCUT2D eigenvalue weighted by molar-refractivity contribution is 5.95. The Labute approximate surface area is 155 Å². The predicted octanol–water partition coefficient (Wildman–Crippen LogP) is 2.40. The molecule has 3 aromatic rings. The molecule has 138 valence electrons. The number of hydrogen-bond acceptors (Lipinski definition) is 5. The lowest BCUT2D eigenvalue weighted by atomic mass is 10.1. The summed E-state index contributed by atoms with van der Waals surface area (Å²) < 4.78 is 20.2. The van der Waals surface area contributed by atoms with E-state index in [1.807, 2.05) is 13.1 Å². The Morgan fingerprint density at radius 2 is 2.04 bits per heavy atom. The van der Waals surface area contributed by atoms with Crippen molar-refractivity contribution in [1.29, 1.82) is 0 Å². The van der Waals surface area contributed by atoms with Gasteiger partial charge in [-0.2, -0.15) is 0 Å². The molecule has 1 fully saturated rings. The summed E-state index contributed by atoms with van der Waals surface area (Å²) in [4.78, 5) is 18.4. The van der Waals surface area contributed by atoms with E-state index < -0.39 is 0 Å². The Kier molecular flexibility index (Phi) is 4.53. The Morgan fingerprint density at radius 1 is 1.26 bits per heavy atom. The molecule has 0 N–H and O–H groups in total. The van der Waals surface area contributed by atoms with E-state index in [9.17, 15) is 9.18 Å². The van der Waals surface area contributed by atoms with Crippen molar-refractivity contribution in [2.24, 2.45) is 0 Å². The largest absolute Gasteiger partial charge is 0.487 e. The van der Waals surface area contributed by atoms with Crippen LogP contribution in [0, 0.1) is 12.7 Å². The minimum absolute atomic E-state index is 0.0168. The number of carbonyl (C=O) groups excluding carboxylic acids is 1. The summed E-state index contributed by atoms with van der Waals surface area (Å²) in [6.07, 6.45) is 3.49. The predicted molar refractivity (Wildman–Crippen MR) is 94.7 cm³/mol. The maximum absolute atomic E-state index is 12.9. The molecule has 27 heavy (non-hydrogen) atoms. The molecule has 8 heteroatoms. The zero-order chi connectivity index (χ0) is 18.8. The number of hydrogen-bond donors (Lipinski definition) is 0. The van der Waals surface area contributed by atoms with Gasteiger partial charge in [-0.15, -0.1) is 5.10 Å². The summed E-state index contributed by atoms with van der Waals surface area (Å²) in [5.41, 5.74) is 2.03. The van der Waals surface area contributed by atoms with Gasteiger partial charge in [0, 0.05) is 25.0 Å². The second kappa shape index (κ2) is 7.14. The van der Waals surface area contributed by atoms with Crippen molar-refractivity contribution in [3.8, 4) is 5.75 Å². The maximum atomic E-state index is 12.9. The first-order valence-electron chi connectivity index (χ1n) is 8.60. The molecule has 1 aliphatic heterocycles. The van der Waals surface area contributed by atoms with Crippen LogP contribution in [-0.4, -0.2) is 43.9 Å². The number of carbonyl (C=O) groups is 1. The number of halogens is 1. The van der Waals surface area contributed by atoms with E-state index in [0.717, 1.165) is 5.69 Å². The monoisotopic (exact) mass is 367 g/mol. The van der Waals surface area contributed by atoms with Crippen LogP contribution in [0.2, 0.25) is 0 Å². The van der Waals surface area contributed by atoms with E-state index in [1.54, 1.807) is 40.0 Å². The van der Waals surface area contributed by atoms with Gasteiger partial charge >= 0.3 is 0 Å². The third kappa shape index (κ3) is 3.64. The second-order valence-electron chi connectivity index (χ2n) is 6.43. The number of nitrogens with zero attached hydrogens (tertiary/aromatic N) is 5. The third-order valence-corrected chi connectivity index (χ3v) is 4.52. The van der Waals surface area contributed by atoms with Crippen molar-refractivity contribution in [1.82, 2.24) is 24.9 Å². The molecule has 1 aromatic carbocycles. The SMILES string of the molecule is Cc1ncccc1C(=O)N1CC(n2cc(COc3ccc(F)cc3)nn2)C1. The van der Waals surface area contributed by atoms with Crippen molar-refractivity contribution in [2.45, 2.75) is 19.6 Å². The fraction of sp³-hybridized carbons (Fsp3) is 0.263. The number of likely N-dealkylation sites (tertiary alicyclic amines) is 1. The highest BCUT2D eigenvalue weighted by atomic mass is 19.1. The molecule has 0 bridgehead atoms. The van der Waals surface area contributed by atoms with E-state index in [2.05, 4.69) is 15.3 Å². The summed E-state index contributed by atoms with van der Waals surface area (Å²) in [6.45, 7) is 3.23. The first kappa shape index (κ1) is 17.1. The fourth-order valence-corrected chi connectivity index (χ4v) is 2.92. The van der Waals surface area contributed by atoms with Gasteiger partial charge in [0.2, 0.25) is 0 Å². The molecular weight excluding hydrogens is 349 g/mol. The van der Waals surface area contributed by atoms with Gasteiger partial charge in [0.1, 0.15) is 23.9 Å². The Balaban J connectivity index is 1.32. The molecule has 4 rings (SSSR count). The van der Waals surface area contributed by atoms with Crippen LogP contribution in [0.3, 0.4) is 0 Å². The van der Waals surface area contributed by atoms with Crippen molar-refractivity contribution in [2.75, 3.05) is 13.1 Å². The fourth-order valence-electron chi connectivity index (χ4n) is 2.92. The normalized spacial score (nSPS) is 14.1. The standard InChI is InChI=1S/C19H18FN5O2/c1-13-18(3-2-8-21-13)19(26)24-10-16(11-24)25-9-15(22-23-25)12-27-17-6-4-14(20)5-7-17/h2-9,16H,10-12H2,1H3. The molecule has 1 saturated heterocycles. The van der Waals surface area contributed by atoms with Gasteiger partial charge in [-0.3, -0.25) is 9.78 Å². The Morgan fingerprint density at radius 3 is 2.78 bits per heavy atom. The molecule has 3 heterocycles. The number of ether oxygens (including phenoxy) is 1. The van der Waals surface area contributed by atoms with Gasteiger partial charge in [-0.25, -0.2) is 9.07 Å². The van der Waals surface area contributed by atoms with E-state index in [1.165, 1.54) is 12.1 Å². The van der Waals surface area contributed by atoms with Gasteiger partial charge in [0.05, 0.1) is 17.8 Å². The molecule has 7 nitrogen and oxygen atoms in total. The van der Waals surface area contributed by atoms with Crippen molar-refractivity contribution < 1.29 is 13.9 Å². The summed E-state index contributed by atoms with van der Waals surface area (Å²) in [5, 5.41) is 8.22. The van der Waals surface area contributed by atoms with Crippen molar-refractivity contribution in [3.63, 3.8) is 0 Å². The molecule has 0 aliphatic carbocycles. The third-order valence-electron chi connectivity index (χ3n) is 4.52. The van der Waals surface area contributed by atoms with E-state index in [4.69, 9.17) is 4.74 Å². The number of aromatic nitrogens is 4. The molecule has 0 atom stereocenters. The van der Waals surface area contributed by atoms with Crippen molar-refractivity contribution >= 4 is 5.91 Å². The van der Waals surface area contributed by atoms with Gasteiger partial charge < -0.3 is 9.64 Å². The van der Waals surface area contributed by atoms with Crippen LogP contribution >= 0.6 is 0 Å². The average molecular weight is 367 g/mol. The maximum Gasteiger partial charge on any atom is 0.255 e. The van der Waals surface area contributed by atoms with Crippen LogP contribution in [0.1, 0.15) is 27.8 Å².